The molecule has 0 saturated heterocycles. The summed E-state index contributed by atoms with van der Waals surface area (Å²) in [7, 11) is 0. The van der Waals surface area contributed by atoms with Crippen molar-refractivity contribution < 1.29 is 4.79 Å². The van der Waals surface area contributed by atoms with Crippen LogP contribution in [-0.2, 0) is 17.9 Å². The number of hydrogen-bond donors (Lipinski definition) is 1. The SMILES string of the molecule is CCCn1c(=O)c2[nH]c(C3CC4CC(=O)C3C4)nc2n(CCC)c1=O. The van der Waals surface area contributed by atoms with Gasteiger partial charge in [-0.15, -0.1) is 0 Å². The molecule has 2 aromatic rings. The van der Waals surface area contributed by atoms with E-state index >= 15 is 0 Å². The summed E-state index contributed by atoms with van der Waals surface area (Å²) in [6.07, 6.45) is 4.06. The zero-order valence-corrected chi connectivity index (χ0v) is 14.7. The van der Waals surface area contributed by atoms with Gasteiger partial charge in [-0.25, -0.2) is 9.78 Å². The van der Waals surface area contributed by atoms with Crippen molar-refractivity contribution in [2.24, 2.45) is 11.8 Å². The van der Waals surface area contributed by atoms with Crippen molar-refractivity contribution >= 4 is 16.9 Å². The lowest BCUT2D eigenvalue weighted by molar-refractivity contribution is -0.122. The lowest BCUT2D eigenvalue weighted by Gasteiger charge is -2.18. The first-order valence-electron chi connectivity index (χ1n) is 9.31. The van der Waals surface area contributed by atoms with Crippen molar-refractivity contribution in [3.05, 3.63) is 26.7 Å². The van der Waals surface area contributed by atoms with Crippen molar-refractivity contribution in [1.82, 2.24) is 19.1 Å². The number of aromatic nitrogens is 4. The Balaban J connectivity index is 1.88. The summed E-state index contributed by atoms with van der Waals surface area (Å²) in [5.41, 5.74) is 0.242. The van der Waals surface area contributed by atoms with Crippen LogP contribution in [0.2, 0.25) is 0 Å². The van der Waals surface area contributed by atoms with Gasteiger partial charge < -0.3 is 4.98 Å². The molecule has 4 rings (SSSR count). The van der Waals surface area contributed by atoms with Crippen molar-refractivity contribution in [2.45, 2.75) is 65.0 Å². The number of nitrogens with one attached hydrogen (secondary N) is 1. The highest BCUT2D eigenvalue weighted by Crippen LogP contribution is 2.50. The van der Waals surface area contributed by atoms with E-state index in [2.05, 4.69) is 9.97 Å². The molecule has 1 N–H and O–H groups in total. The van der Waals surface area contributed by atoms with E-state index in [0.29, 0.717) is 54.6 Å². The van der Waals surface area contributed by atoms with Gasteiger partial charge in [0.15, 0.2) is 5.65 Å². The van der Waals surface area contributed by atoms with Crippen LogP contribution in [0.25, 0.3) is 11.2 Å². The topological polar surface area (TPSA) is 89.8 Å². The number of H-pyrrole nitrogens is 1. The Morgan fingerprint density at radius 2 is 1.72 bits per heavy atom. The van der Waals surface area contributed by atoms with Gasteiger partial charge >= 0.3 is 5.69 Å². The molecular formula is C18H24N4O3. The molecule has 2 fully saturated rings. The maximum absolute atomic E-state index is 12.8. The zero-order valence-electron chi connectivity index (χ0n) is 14.7. The molecule has 2 aliphatic carbocycles. The van der Waals surface area contributed by atoms with Crippen LogP contribution in [0.15, 0.2) is 9.59 Å². The van der Waals surface area contributed by atoms with E-state index in [1.54, 1.807) is 4.57 Å². The average Bonchev–Trinajstić information content (AvgIpc) is 3.28. The summed E-state index contributed by atoms with van der Waals surface area (Å²) in [5, 5.41) is 0. The molecular weight excluding hydrogens is 320 g/mol. The highest BCUT2D eigenvalue weighted by atomic mass is 16.2. The quantitative estimate of drug-likeness (QED) is 0.895. The van der Waals surface area contributed by atoms with Crippen LogP contribution < -0.4 is 11.2 Å². The van der Waals surface area contributed by atoms with Gasteiger partial charge in [-0.2, -0.15) is 0 Å². The van der Waals surface area contributed by atoms with Crippen LogP contribution in [-0.4, -0.2) is 24.9 Å². The van der Waals surface area contributed by atoms with E-state index in [1.165, 1.54) is 4.57 Å². The summed E-state index contributed by atoms with van der Waals surface area (Å²) in [4.78, 5) is 45.4. The highest BCUT2D eigenvalue weighted by Gasteiger charge is 2.47. The second kappa shape index (κ2) is 5.97. The van der Waals surface area contributed by atoms with E-state index < -0.39 is 0 Å². The number of aryl methyl sites for hydroxylation is 1. The van der Waals surface area contributed by atoms with E-state index in [1.807, 2.05) is 13.8 Å². The Kier molecular flexibility index (Phi) is 3.89. The Bertz CT molecular complexity index is 952. The minimum Gasteiger partial charge on any atom is -0.336 e. The number of aromatic amines is 1. The van der Waals surface area contributed by atoms with Gasteiger partial charge in [-0.05, 0) is 31.6 Å². The first-order valence-corrected chi connectivity index (χ1v) is 9.31. The van der Waals surface area contributed by atoms with Crippen LogP contribution in [0.1, 0.15) is 57.7 Å². The van der Waals surface area contributed by atoms with Gasteiger partial charge in [0.05, 0.1) is 0 Å². The third-order valence-electron chi connectivity index (χ3n) is 5.69. The molecule has 2 saturated carbocycles. The number of carbonyl (C=O) groups is 1. The molecule has 0 radical (unpaired) electrons. The standard InChI is InChI=1S/C18H24N4O3/c1-3-5-21-16-14(17(24)22(6-4-2)18(21)25)19-15(20-16)12-8-10-7-11(12)13(23)9-10/h10-12H,3-9H2,1-2H3,(H,19,20). The van der Waals surface area contributed by atoms with Crippen molar-refractivity contribution in [1.29, 1.82) is 0 Å². The maximum atomic E-state index is 12.8. The van der Waals surface area contributed by atoms with E-state index in [0.717, 1.165) is 19.3 Å². The Hall–Kier alpha value is -2.18. The van der Waals surface area contributed by atoms with E-state index in [9.17, 15) is 14.4 Å². The molecule has 25 heavy (non-hydrogen) atoms. The molecule has 2 aromatic heterocycles. The van der Waals surface area contributed by atoms with Crippen LogP contribution in [0.5, 0.6) is 0 Å². The molecule has 3 atom stereocenters. The molecule has 0 spiro atoms. The first kappa shape index (κ1) is 16.3. The number of Topliss-reactive ketones (excluding diaryl/α,β-unsaturated/α-hetero) is 1. The lowest BCUT2D eigenvalue weighted by Crippen LogP contribution is -2.40. The summed E-state index contributed by atoms with van der Waals surface area (Å²) in [5.74, 6) is 1.55. The smallest absolute Gasteiger partial charge is 0.332 e. The van der Waals surface area contributed by atoms with Gasteiger partial charge in [-0.1, -0.05) is 13.8 Å². The van der Waals surface area contributed by atoms with Crippen LogP contribution in [0, 0.1) is 11.8 Å². The lowest BCUT2D eigenvalue weighted by atomic mass is 9.87. The van der Waals surface area contributed by atoms with Crippen molar-refractivity contribution in [3.8, 4) is 0 Å². The third-order valence-corrected chi connectivity index (χ3v) is 5.69. The molecule has 0 aliphatic heterocycles. The van der Waals surface area contributed by atoms with Crippen LogP contribution in [0.3, 0.4) is 0 Å². The fourth-order valence-electron chi connectivity index (χ4n) is 4.61. The number of hydrogen-bond acceptors (Lipinski definition) is 4. The summed E-state index contributed by atoms with van der Waals surface area (Å²) < 4.78 is 2.90. The normalized spacial score (nSPS) is 25.4. The van der Waals surface area contributed by atoms with Gasteiger partial charge in [0.2, 0.25) is 0 Å². The highest BCUT2D eigenvalue weighted by molar-refractivity contribution is 5.85. The second-order valence-electron chi connectivity index (χ2n) is 7.43. The predicted octanol–water partition coefficient (Wildman–Crippen LogP) is 1.79. The Morgan fingerprint density at radius 1 is 1.04 bits per heavy atom. The number of imidazole rings is 1. The number of ketones is 1. The van der Waals surface area contributed by atoms with Gasteiger partial charge in [0.1, 0.15) is 17.1 Å². The Morgan fingerprint density at radius 3 is 2.36 bits per heavy atom. The third kappa shape index (κ3) is 2.40. The van der Waals surface area contributed by atoms with Crippen molar-refractivity contribution in [2.75, 3.05) is 0 Å². The molecule has 7 heteroatoms. The van der Waals surface area contributed by atoms with E-state index in [4.69, 9.17) is 0 Å². The Labute approximate surface area is 145 Å². The minimum absolute atomic E-state index is 0.0229. The fraction of sp³-hybridized carbons (Fsp3) is 0.667. The zero-order chi connectivity index (χ0) is 17.7. The molecule has 134 valence electrons. The molecule has 2 heterocycles. The maximum Gasteiger partial charge on any atom is 0.332 e. The van der Waals surface area contributed by atoms with Crippen molar-refractivity contribution in [3.63, 3.8) is 0 Å². The second-order valence-corrected chi connectivity index (χ2v) is 7.43. The number of carbonyl (C=O) groups excluding carboxylic acids is 1. The number of rotatable bonds is 5. The molecule has 2 aliphatic rings. The number of fused-ring (bicyclic) bond motifs is 3. The van der Waals surface area contributed by atoms with Crippen LogP contribution >= 0.6 is 0 Å². The molecule has 0 aromatic carbocycles. The number of nitrogens with zero attached hydrogens (tertiary/aromatic N) is 3. The largest absolute Gasteiger partial charge is 0.336 e. The molecule has 0 amide bonds. The summed E-state index contributed by atoms with van der Waals surface area (Å²) in [6.45, 7) is 4.87. The molecule has 7 nitrogen and oxygen atoms in total. The molecule has 3 unspecified atom stereocenters. The monoisotopic (exact) mass is 344 g/mol. The summed E-state index contributed by atoms with van der Waals surface area (Å²) in [6, 6.07) is 0. The van der Waals surface area contributed by atoms with Crippen LogP contribution in [0.4, 0.5) is 0 Å². The summed E-state index contributed by atoms with van der Waals surface area (Å²) >= 11 is 0. The first-order chi connectivity index (χ1) is 12.0. The van der Waals surface area contributed by atoms with Gasteiger partial charge in [0.25, 0.3) is 5.56 Å². The minimum atomic E-state index is -0.303. The van der Waals surface area contributed by atoms with Gasteiger partial charge in [-0.3, -0.25) is 18.7 Å². The van der Waals surface area contributed by atoms with Gasteiger partial charge in [0, 0.05) is 31.3 Å². The van der Waals surface area contributed by atoms with E-state index in [-0.39, 0.29) is 23.1 Å². The predicted molar refractivity (Wildman–Crippen MR) is 93.8 cm³/mol. The average molecular weight is 344 g/mol. The molecule has 2 bridgehead atoms. The fourth-order valence-corrected chi connectivity index (χ4v) is 4.61.